The molecule has 0 aliphatic carbocycles. The first-order valence-corrected chi connectivity index (χ1v) is 32.2. The molecule has 1 saturated heterocycles. The number of nitrogens with one attached hydrogen (secondary N) is 1. The van der Waals surface area contributed by atoms with Gasteiger partial charge in [-0.3, -0.25) is 4.79 Å². The molecule has 9 heteroatoms. The molecule has 9 nitrogen and oxygen atoms in total. The van der Waals surface area contributed by atoms with Crippen LogP contribution in [0, 0.1) is 0 Å². The van der Waals surface area contributed by atoms with Crippen LogP contribution in [0.5, 0.6) is 0 Å². The van der Waals surface area contributed by atoms with E-state index in [0.717, 1.165) is 38.5 Å². The van der Waals surface area contributed by atoms with Crippen LogP contribution in [0.1, 0.15) is 341 Å². The molecule has 1 aliphatic rings. The predicted octanol–water partition coefficient (Wildman–Crippen LogP) is 16.6. The van der Waals surface area contributed by atoms with Gasteiger partial charge in [0, 0.05) is 6.42 Å². The fourth-order valence-electron chi connectivity index (χ4n) is 10.9. The number of carbonyl (C=O) groups is 1. The van der Waals surface area contributed by atoms with E-state index < -0.39 is 49.5 Å². The van der Waals surface area contributed by atoms with Crippen LogP contribution < -0.4 is 5.32 Å². The molecule has 7 unspecified atom stereocenters. The van der Waals surface area contributed by atoms with Gasteiger partial charge in [-0.05, 0) is 12.8 Å². The molecule has 7 atom stereocenters. The van der Waals surface area contributed by atoms with E-state index in [2.05, 4.69) is 19.2 Å². The van der Waals surface area contributed by atoms with Crippen molar-refractivity contribution < 1.29 is 39.8 Å². The molecule has 1 fully saturated rings. The number of rotatable bonds is 57. The van der Waals surface area contributed by atoms with Gasteiger partial charge in [-0.1, -0.05) is 322 Å². The van der Waals surface area contributed by atoms with Crippen molar-refractivity contribution in [3.05, 3.63) is 0 Å². The largest absolute Gasteiger partial charge is 0.394 e. The van der Waals surface area contributed by atoms with Crippen LogP contribution in [-0.4, -0.2) is 87.5 Å². The van der Waals surface area contributed by atoms with Gasteiger partial charge < -0.3 is 40.3 Å². The lowest BCUT2D eigenvalue weighted by molar-refractivity contribution is -0.302. The summed E-state index contributed by atoms with van der Waals surface area (Å²) < 4.78 is 11.3. The number of hydrogen-bond acceptors (Lipinski definition) is 8. The zero-order chi connectivity index (χ0) is 52.2. The summed E-state index contributed by atoms with van der Waals surface area (Å²) in [6, 6.07) is -0.712. The SMILES string of the molecule is CCCCCCCCCCCCCCCCCCCCCCCCCCCCCCCCCCCCCCCCC(=O)NC(COC1OC(CO)C(O)C(O)C1O)C(O)CCCCCCCCCCCCC. The average molecular weight is 1020 g/mol. The van der Waals surface area contributed by atoms with E-state index in [-0.39, 0.29) is 12.5 Å². The van der Waals surface area contributed by atoms with Crippen molar-refractivity contribution >= 4 is 5.91 Å². The Bertz CT molecular complexity index is 1100. The molecule has 6 N–H and O–H groups in total. The van der Waals surface area contributed by atoms with Crippen LogP contribution in [0.2, 0.25) is 0 Å². The third kappa shape index (κ3) is 42.3. The zero-order valence-corrected chi connectivity index (χ0v) is 48.0. The van der Waals surface area contributed by atoms with E-state index in [1.54, 1.807) is 0 Å². The second-order valence-electron chi connectivity index (χ2n) is 22.9. The Morgan fingerprint density at radius 1 is 0.417 bits per heavy atom. The number of carbonyl (C=O) groups excluding carboxylic acids is 1. The van der Waals surface area contributed by atoms with E-state index in [4.69, 9.17) is 9.47 Å². The molecule has 1 aliphatic heterocycles. The van der Waals surface area contributed by atoms with Crippen LogP contribution in [0.4, 0.5) is 0 Å². The number of aliphatic hydroxyl groups excluding tert-OH is 5. The first-order valence-electron chi connectivity index (χ1n) is 32.2. The summed E-state index contributed by atoms with van der Waals surface area (Å²) in [7, 11) is 0. The third-order valence-electron chi connectivity index (χ3n) is 16.0. The Morgan fingerprint density at radius 3 is 0.986 bits per heavy atom. The van der Waals surface area contributed by atoms with Crippen LogP contribution in [0.15, 0.2) is 0 Å². The molecular formula is C63H125NO8. The number of ether oxygens (including phenoxy) is 2. The van der Waals surface area contributed by atoms with Gasteiger partial charge in [0.2, 0.25) is 5.91 Å². The Morgan fingerprint density at radius 2 is 0.694 bits per heavy atom. The molecule has 1 amide bonds. The molecule has 0 aromatic heterocycles. The second-order valence-corrected chi connectivity index (χ2v) is 22.9. The van der Waals surface area contributed by atoms with Gasteiger partial charge in [0.1, 0.15) is 24.4 Å². The fraction of sp³-hybridized carbons (Fsp3) is 0.984. The molecular weight excluding hydrogens is 899 g/mol. The molecule has 0 radical (unpaired) electrons. The predicted molar refractivity (Wildman–Crippen MR) is 304 cm³/mol. The van der Waals surface area contributed by atoms with Crippen molar-refractivity contribution in [2.45, 2.75) is 384 Å². The number of amides is 1. The summed E-state index contributed by atoms with van der Waals surface area (Å²) >= 11 is 0. The summed E-state index contributed by atoms with van der Waals surface area (Å²) in [5.41, 5.74) is 0. The highest BCUT2D eigenvalue weighted by molar-refractivity contribution is 5.76. The Labute approximate surface area is 446 Å². The topological polar surface area (TPSA) is 149 Å². The van der Waals surface area contributed by atoms with Gasteiger partial charge in [0.25, 0.3) is 0 Å². The maximum atomic E-state index is 13.0. The lowest BCUT2D eigenvalue weighted by atomic mass is 9.99. The molecule has 0 spiro atoms. The quantitative estimate of drug-likeness (QED) is 0.0330. The first kappa shape index (κ1) is 69.2. The summed E-state index contributed by atoms with van der Waals surface area (Å²) in [6.07, 6.45) is 59.1. The minimum absolute atomic E-state index is 0.132. The maximum Gasteiger partial charge on any atom is 0.220 e. The minimum atomic E-state index is -1.55. The minimum Gasteiger partial charge on any atom is -0.394 e. The molecule has 72 heavy (non-hydrogen) atoms. The van der Waals surface area contributed by atoms with Gasteiger partial charge in [0.05, 0.1) is 25.4 Å². The van der Waals surface area contributed by atoms with Gasteiger partial charge in [0.15, 0.2) is 6.29 Å². The molecule has 1 heterocycles. The van der Waals surface area contributed by atoms with Crippen molar-refractivity contribution in [2.24, 2.45) is 0 Å². The molecule has 0 aromatic rings. The van der Waals surface area contributed by atoms with Gasteiger partial charge in [-0.15, -0.1) is 0 Å². The maximum absolute atomic E-state index is 13.0. The van der Waals surface area contributed by atoms with Gasteiger partial charge in [-0.25, -0.2) is 0 Å². The molecule has 0 saturated carbocycles. The number of unbranched alkanes of at least 4 members (excludes halogenated alkanes) is 47. The van der Waals surface area contributed by atoms with E-state index in [1.807, 2.05) is 0 Å². The van der Waals surface area contributed by atoms with Crippen LogP contribution in [-0.2, 0) is 14.3 Å². The van der Waals surface area contributed by atoms with Crippen LogP contribution in [0.25, 0.3) is 0 Å². The number of aliphatic hydroxyl groups is 5. The third-order valence-corrected chi connectivity index (χ3v) is 16.0. The zero-order valence-electron chi connectivity index (χ0n) is 48.0. The highest BCUT2D eigenvalue weighted by Crippen LogP contribution is 2.24. The Kier molecular flexibility index (Phi) is 51.5. The van der Waals surface area contributed by atoms with Crippen molar-refractivity contribution in [2.75, 3.05) is 13.2 Å². The summed E-state index contributed by atoms with van der Waals surface area (Å²) in [5, 5.41) is 54.5. The lowest BCUT2D eigenvalue weighted by Gasteiger charge is -2.40. The van der Waals surface area contributed by atoms with Gasteiger partial charge >= 0.3 is 0 Å². The Hall–Kier alpha value is -0.810. The van der Waals surface area contributed by atoms with Crippen LogP contribution >= 0.6 is 0 Å². The summed E-state index contributed by atoms with van der Waals surface area (Å²) in [4.78, 5) is 13.0. The highest BCUT2D eigenvalue weighted by atomic mass is 16.7. The van der Waals surface area contributed by atoms with E-state index in [1.165, 1.54) is 276 Å². The van der Waals surface area contributed by atoms with Crippen molar-refractivity contribution in [1.29, 1.82) is 0 Å². The lowest BCUT2D eigenvalue weighted by Crippen LogP contribution is -2.60. The van der Waals surface area contributed by atoms with Gasteiger partial charge in [-0.2, -0.15) is 0 Å². The molecule has 1 rings (SSSR count). The van der Waals surface area contributed by atoms with Crippen molar-refractivity contribution in [1.82, 2.24) is 5.32 Å². The van der Waals surface area contributed by atoms with E-state index in [0.29, 0.717) is 12.8 Å². The van der Waals surface area contributed by atoms with Crippen molar-refractivity contribution in [3.8, 4) is 0 Å². The highest BCUT2D eigenvalue weighted by Gasteiger charge is 2.44. The average Bonchev–Trinajstić information content (AvgIpc) is 3.38. The molecule has 430 valence electrons. The van der Waals surface area contributed by atoms with Crippen molar-refractivity contribution in [3.63, 3.8) is 0 Å². The van der Waals surface area contributed by atoms with E-state index >= 15 is 0 Å². The summed E-state index contributed by atoms with van der Waals surface area (Å²) in [6.45, 7) is 3.87. The Balaban J connectivity index is 1.98. The standard InChI is InChI=1S/C63H125NO8/c1-3-5-7-9-11-13-15-16-17-18-19-20-21-22-23-24-25-26-27-28-29-30-31-32-33-34-35-36-37-38-39-40-41-43-45-47-49-51-53-59(67)64-56(55-71-63-62(70)61(69)60(68)58(54-65)72-63)57(66)52-50-48-46-44-42-14-12-10-8-6-4-2/h56-58,60-63,65-66,68-70H,3-55H2,1-2H3,(H,64,67). The van der Waals surface area contributed by atoms with E-state index in [9.17, 15) is 30.3 Å². The second kappa shape index (κ2) is 53.6. The monoisotopic (exact) mass is 1020 g/mol. The van der Waals surface area contributed by atoms with Crippen LogP contribution in [0.3, 0.4) is 0 Å². The normalized spacial score (nSPS) is 19.0. The summed E-state index contributed by atoms with van der Waals surface area (Å²) in [5.74, 6) is -0.137. The molecule has 0 bridgehead atoms. The number of hydrogen-bond donors (Lipinski definition) is 6. The fourth-order valence-corrected chi connectivity index (χ4v) is 10.9. The smallest absolute Gasteiger partial charge is 0.220 e. The first-order chi connectivity index (χ1) is 35.3. The molecule has 0 aromatic carbocycles.